The molecule has 0 radical (unpaired) electrons. The number of nitro groups is 1. The number of carboxylic acid groups (broad SMARTS) is 1. The van der Waals surface area contributed by atoms with Gasteiger partial charge in [-0.25, -0.2) is 8.42 Å². The summed E-state index contributed by atoms with van der Waals surface area (Å²) >= 11 is 0. The van der Waals surface area contributed by atoms with E-state index in [1.54, 1.807) is 13.8 Å². The van der Waals surface area contributed by atoms with Gasteiger partial charge in [0.05, 0.1) is 9.82 Å². The highest BCUT2D eigenvalue weighted by molar-refractivity contribution is 7.89. The average Bonchev–Trinajstić information content (AvgIpc) is 2.34. The molecule has 0 amide bonds. The summed E-state index contributed by atoms with van der Waals surface area (Å²) in [7, 11) is -4.15. The van der Waals surface area contributed by atoms with Gasteiger partial charge in [0.25, 0.3) is 5.69 Å². The number of hydrogen-bond donors (Lipinski definition) is 1. The molecule has 0 aliphatic carbocycles. The summed E-state index contributed by atoms with van der Waals surface area (Å²) in [5.41, 5.74) is 0.359. The third kappa shape index (κ3) is 3.60. The lowest BCUT2D eigenvalue weighted by molar-refractivity contribution is -0.385. The van der Waals surface area contributed by atoms with Crippen LogP contribution in [-0.4, -0.2) is 41.3 Å². The Morgan fingerprint density at radius 3 is 2.27 bits per heavy atom. The second kappa shape index (κ2) is 6.41. The van der Waals surface area contributed by atoms with Crippen molar-refractivity contribution in [1.82, 2.24) is 4.31 Å². The smallest absolute Gasteiger partial charge is 0.318 e. The molecule has 0 spiro atoms. The van der Waals surface area contributed by atoms with Gasteiger partial charge in [0.2, 0.25) is 10.0 Å². The van der Waals surface area contributed by atoms with Gasteiger partial charge < -0.3 is 5.11 Å². The van der Waals surface area contributed by atoms with E-state index in [-0.39, 0.29) is 10.6 Å². The normalized spacial score (nSPS) is 11.9. The van der Waals surface area contributed by atoms with Crippen molar-refractivity contribution in [3.63, 3.8) is 0 Å². The number of benzene rings is 1. The van der Waals surface area contributed by atoms with Crippen LogP contribution in [0, 0.1) is 24.0 Å². The van der Waals surface area contributed by atoms with Gasteiger partial charge in [0.1, 0.15) is 6.54 Å². The Kier molecular flexibility index (Phi) is 5.26. The Morgan fingerprint density at radius 2 is 1.86 bits per heavy atom. The van der Waals surface area contributed by atoms with Gasteiger partial charge in [0, 0.05) is 17.7 Å². The van der Waals surface area contributed by atoms with Crippen LogP contribution in [-0.2, 0) is 14.8 Å². The Hall–Kier alpha value is -2.00. The van der Waals surface area contributed by atoms with E-state index in [0.717, 1.165) is 10.4 Å². The predicted octanol–water partition coefficient (Wildman–Crippen LogP) is 1.70. The van der Waals surface area contributed by atoms with E-state index in [1.165, 1.54) is 19.9 Å². The molecule has 1 rings (SSSR count). The summed E-state index contributed by atoms with van der Waals surface area (Å²) in [6.45, 7) is 5.40. The molecule has 0 aliphatic rings. The van der Waals surface area contributed by atoms with Crippen molar-refractivity contribution < 1.29 is 23.2 Å². The van der Waals surface area contributed by atoms with Gasteiger partial charge in [-0.05, 0) is 39.3 Å². The second-order valence-electron chi connectivity index (χ2n) is 5.20. The molecule has 0 fully saturated rings. The number of nitro benzene ring substituents is 1. The van der Waals surface area contributed by atoms with Crippen LogP contribution in [0.25, 0.3) is 0 Å². The molecule has 0 aromatic heterocycles. The van der Waals surface area contributed by atoms with E-state index in [2.05, 4.69) is 0 Å². The van der Waals surface area contributed by atoms with E-state index in [4.69, 9.17) is 5.11 Å². The molecule has 1 aromatic carbocycles. The molecule has 8 nitrogen and oxygen atoms in total. The quantitative estimate of drug-likeness (QED) is 0.626. The minimum atomic E-state index is -4.15. The van der Waals surface area contributed by atoms with Gasteiger partial charge in [-0.3, -0.25) is 14.9 Å². The van der Waals surface area contributed by atoms with Crippen LogP contribution in [0.2, 0.25) is 0 Å². The zero-order valence-electron chi connectivity index (χ0n) is 12.7. The lowest BCUT2D eigenvalue weighted by Gasteiger charge is -2.25. The van der Waals surface area contributed by atoms with Crippen LogP contribution in [0.1, 0.15) is 25.0 Å². The molecule has 1 N–H and O–H groups in total. The van der Waals surface area contributed by atoms with Gasteiger partial charge in [-0.1, -0.05) is 0 Å². The van der Waals surface area contributed by atoms with Crippen LogP contribution in [0.5, 0.6) is 0 Å². The fraction of sp³-hybridized carbons (Fsp3) is 0.462. The molecule has 122 valence electrons. The molecule has 0 saturated carbocycles. The summed E-state index contributed by atoms with van der Waals surface area (Å²) in [6.07, 6.45) is 0. The molecule has 0 unspecified atom stereocenters. The topological polar surface area (TPSA) is 118 Å². The summed E-state index contributed by atoms with van der Waals surface area (Å²) in [6, 6.07) is 1.79. The Morgan fingerprint density at radius 1 is 1.32 bits per heavy atom. The number of carbonyl (C=O) groups is 1. The molecule has 0 saturated heterocycles. The highest BCUT2D eigenvalue weighted by Gasteiger charge is 2.32. The maximum atomic E-state index is 12.7. The SMILES string of the molecule is Cc1cc(C)c(S(=O)(=O)N(CC(=O)O)C(C)C)cc1[N+](=O)[O-]. The first-order valence-electron chi connectivity index (χ1n) is 6.47. The van der Waals surface area contributed by atoms with Crippen molar-refractivity contribution in [1.29, 1.82) is 0 Å². The molecular weight excluding hydrogens is 312 g/mol. The Balaban J connectivity index is 3.53. The molecule has 9 heteroatoms. The first-order valence-corrected chi connectivity index (χ1v) is 7.91. The molecule has 0 atom stereocenters. The summed E-state index contributed by atoms with van der Waals surface area (Å²) in [5.74, 6) is -1.29. The standard InChI is InChI=1S/C13H18N2O6S/c1-8(2)14(7-13(16)17)22(20,21)12-6-11(15(18)19)9(3)5-10(12)4/h5-6,8H,7H2,1-4H3,(H,16,17). The molecular formula is C13H18N2O6S. The summed E-state index contributed by atoms with van der Waals surface area (Å²) < 4.78 is 26.1. The fourth-order valence-corrected chi connectivity index (χ4v) is 3.92. The monoisotopic (exact) mass is 330 g/mol. The van der Waals surface area contributed by atoms with Crippen LogP contribution in [0.3, 0.4) is 0 Å². The van der Waals surface area contributed by atoms with Gasteiger partial charge in [0.15, 0.2) is 0 Å². The Labute approximate surface area is 128 Å². The number of aliphatic carboxylic acids is 1. The molecule has 22 heavy (non-hydrogen) atoms. The van der Waals surface area contributed by atoms with Crippen molar-refractivity contribution in [2.75, 3.05) is 6.54 Å². The third-order valence-corrected chi connectivity index (χ3v) is 5.31. The van der Waals surface area contributed by atoms with E-state index < -0.39 is 33.5 Å². The first-order chi connectivity index (χ1) is 9.98. The number of nitrogens with zero attached hydrogens (tertiary/aromatic N) is 2. The maximum Gasteiger partial charge on any atom is 0.318 e. The zero-order chi connectivity index (χ0) is 17.2. The highest BCUT2D eigenvalue weighted by atomic mass is 32.2. The molecule has 1 aromatic rings. The lowest BCUT2D eigenvalue weighted by atomic mass is 10.1. The third-order valence-electron chi connectivity index (χ3n) is 3.14. The Bertz CT molecular complexity index is 711. The molecule has 0 bridgehead atoms. The summed E-state index contributed by atoms with van der Waals surface area (Å²) in [5, 5.41) is 19.9. The predicted molar refractivity (Wildman–Crippen MR) is 79.2 cm³/mol. The summed E-state index contributed by atoms with van der Waals surface area (Å²) in [4.78, 5) is 21.0. The van der Waals surface area contributed by atoms with Crippen molar-refractivity contribution in [2.24, 2.45) is 0 Å². The maximum absolute atomic E-state index is 12.7. The number of sulfonamides is 1. The second-order valence-corrected chi connectivity index (χ2v) is 7.06. The number of carboxylic acids is 1. The number of hydrogen-bond acceptors (Lipinski definition) is 5. The van der Waals surface area contributed by atoms with Gasteiger partial charge >= 0.3 is 5.97 Å². The van der Waals surface area contributed by atoms with E-state index in [9.17, 15) is 23.3 Å². The van der Waals surface area contributed by atoms with E-state index in [0.29, 0.717) is 11.1 Å². The minimum absolute atomic E-state index is 0.250. The minimum Gasteiger partial charge on any atom is -0.480 e. The fourth-order valence-electron chi connectivity index (χ4n) is 2.10. The van der Waals surface area contributed by atoms with E-state index in [1.807, 2.05) is 0 Å². The number of aryl methyl sites for hydroxylation is 2. The first kappa shape index (κ1) is 18.1. The zero-order valence-corrected chi connectivity index (χ0v) is 13.5. The van der Waals surface area contributed by atoms with Gasteiger partial charge in [-0.2, -0.15) is 4.31 Å². The van der Waals surface area contributed by atoms with E-state index >= 15 is 0 Å². The average molecular weight is 330 g/mol. The van der Waals surface area contributed by atoms with Crippen molar-refractivity contribution in [3.05, 3.63) is 33.4 Å². The van der Waals surface area contributed by atoms with Crippen LogP contribution in [0.4, 0.5) is 5.69 Å². The highest BCUT2D eigenvalue weighted by Crippen LogP contribution is 2.28. The number of rotatable bonds is 6. The molecule has 0 aliphatic heterocycles. The van der Waals surface area contributed by atoms with Gasteiger partial charge in [-0.15, -0.1) is 0 Å². The lowest BCUT2D eigenvalue weighted by Crippen LogP contribution is -2.40. The molecule has 0 heterocycles. The largest absolute Gasteiger partial charge is 0.480 e. The van der Waals surface area contributed by atoms with Crippen LogP contribution in [0.15, 0.2) is 17.0 Å². The van der Waals surface area contributed by atoms with Crippen molar-refractivity contribution in [2.45, 2.75) is 38.6 Å². The van der Waals surface area contributed by atoms with Crippen LogP contribution < -0.4 is 0 Å². The van der Waals surface area contributed by atoms with Crippen molar-refractivity contribution >= 4 is 21.7 Å². The van der Waals surface area contributed by atoms with Crippen molar-refractivity contribution in [3.8, 4) is 0 Å². The van der Waals surface area contributed by atoms with Crippen LogP contribution >= 0.6 is 0 Å².